The van der Waals surface area contributed by atoms with Crippen LogP contribution in [0.3, 0.4) is 0 Å². The summed E-state index contributed by atoms with van der Waals surface area (Å²) in [6.07, 6.45) is 2.38. The van der Waals surface area contributed by atoms with Gasteiger partial charge in [0.25, 0.3) is 11.8 Å². The predicted molar refractivity (Wildman–Crippen MR) is 99.5 cm³/mol. The van der Waals surface area contributed by atoms with Crippen LogP contribution in [0.4, 0.5) is 4.39 Å². The predicted octanol–water partition coefficient (Wildman–Crippen LogP) is 1.49. The molecule has 4 aliphatic rings. The summed E-state index contributed by atoms with van der Waals surface area (Å²) in [7, 11) is 0. The third-order valence-electron chi connectivity index (χ3n) is 5.61. The molecular formula is C19H23ClFN3O4. The molecule has 2 unspecified atom stereocenters. The molecule has 5 rings (SSSR count). The zero-order chi connectivity index (χ0) is 19.9. The molecular weight excluding hydrogens is 389 g/mol. The number of carbonyl (C=O) groups excluding carboxylic acids is 2. The topological polar surface area (TPSA) is 88.7 Å². The molecule has 0 spiro atoms. The lowest BCUT2D eigenvalue weighted by Gasteiger charge is -2.70. The van der Waals surface area contributed by atoms with Gasteiger partial charge >= 0.3 is 0 Å². The molecule has 1 aromatic rings. The van der Waals surface area contributed by atoms with Crippen molar-refractivity contribution in [2.45, 2.75) is 56.0 Å². The van der Waals surface area contributed by atoms with Crippen LogP contribution in [0.2, 0.25) is 5.02 Å². The number of nitrogens with one attached hydrogen (secondary N) is 3. The van der Waals surface area contributed by atoms with Crippen molar-refractivity contribution in [2.75, 3.05) is 13.2 Å². The minimum atomic E-state index is -0.594. The number of amides is 2. The van der Waals surface area contributed by atoms with Gasteiger partial charge in [-0.2, -0.15) is 0 Å². The Labute approximate surface area is 167 Å². The van der Waals surface area contributed by atoms with E-state index in [9.17, 15) is 14.0 Å². The zero-order valence-electron chi connectivity index (χ0n) is 15.5. The van der Waals surface area contributed by atoms with Gasteiger partial charge < -0.3 is 20.1 Å². The van der Waals surface area contributed by atoms with Crippen molar-refractivity contribution in [2.24, 2.45) is 0 Å². The van der Waals surface area contributed by atoms with E-state index < -0.39 is 11.9 Å². The molecule has 3 aliphatic carbocycles. The summed E-state index contributed by atoms with van der Waals surface area (Å²) in [6.45, 7) is 2.31. The molecule has 9 heteroatoms. The molecule has 0 aromatic heterocycles. The van der Waals surface area contributed by atoms with Crippen LogP contribution in [0.5, 0.6) is 5.75 Å². The maximum absolute atomic E-state index is 13.4. The van der Waals surface area contributed by atoms with Crippen molar-refractivity contribution in [3.8, 4) is 5.75 Å². The van der Waals surface area contributed by atoms with Crippen LogP contribution in [0.25, 0.3) is 0 Å². The lowest BCUT2D eigenvalue weighted by atomic mass is 9.44. The molecule has 0 radical (unpaired) electrons. The van der Waals surface area contributed by atoms with Gasteiger partial charge in [-0.1, -0.05) is 18.5 Å². The summed E-state index contributed by atoms with van der Waals surface area (Å²) >= 11 is 5.62. The number of benzene rings is 1. The van der Waals surface area contributed by atoms with Crippen LogP contribution in [-0.2, 0) is 14.3 Å². The fourth-order valence-electron chi connectivity index (χ4n) is 4.37. The van der Waals surface area contributed by atoms with Gasteiger partial charge in [0, 0.05) is 23.7 Å². The first-order valence-corrected chi connectivity index (χ1v) is 9.80. The Balaban J connectivity index is 1.19. The third kappa shape index (κ3) is 3.68. The minimum Gasteiger partial charge on any atom is -0.484 e. The summed E-state index contributed by atoms with van der Waals surface area (Å²) in [5.41, 5.74) is -0.516. The molecule has 2 bridgehead atoms. The Morgan fingerprint density at radius 1 is 1.32 bits per heavy atom. The van der Waals surface area contributed by atoms with E-state index in [4.69, 9.17) is 21.1 Å². The van der Waals surface area contributed by atoms with Crippen LogP contribution in [0.15, 0.2) is 18.2 Å². The highest BCUT2D eigenvalue weighted by Gasteiger charge is 2.69. The summed E-state index contributed by atoms with van der Waals surface area (Å²) in [6, 6.07) is 4.03. The first kappa shape index (κ1) is 19.4. The van der Waals surface area contributed by atoms with Crippen LogP contribution in [0.1, 0.15) is 32.6 Å². The van der Waals surface area contributed by atoms with Gasteiger partial charge in [-0.3, -0.25) is 14.9 Å². The van der Waals surface area contributed by atoms with Crippen molar-refractivity contribution in [3.63, 3.8) is 0 Å². The van der Waals surface area contributed by atoms with E-state index in [0.29, 0.717) is 25.8 Å². The number of hydrogen-bond acceptors (Lipinski definition) is 5. The fraction of sp³-hybridized carbons (Fsp3) is 0.579. The van der Waals surface area contributed by atoms with Crippen molar-refractivity contribution >= 4 is 23.4 Å². The molecule has 1 heterocycles. The van der Waals surface area contributed by atoms with Crippen molar-refractivity contribution in [1.82, 2.24) is 16.0 Å². The van der Waals surface area contributed by atoms with Crippen LogP contribution in [0, 0.1) is 5.82 Å². The standard InChI is InChI=1S/C19H23ClFN3O4/c1-2-16-22-6-14(28-16)17(26)24-19-8-18(9-19,10-19)23-15(25)7-27-11-3-4-12(20)13(21)5-11/h3-5,14,16,22H,2,6-10H2,1H3,(H,23,25)(H,24,26). The smallest absolute Gasteiger partial charge is 0.258 e. The molecule has 2 atom stereocenters. The normalized spacial score (nSPS) is 32.8. The van der Waals surface area contributed by atoms with E-state index in [-0.39, 0.29) is 46.5 Å². The average molecular weight is 412 g/mol. The van der Waals surface area contributed by atoms with Gasteiger partial charge in [-0.15, -0.1) is 0 Å². The van der Waals surface area contributed by atoms with Gasteiger partial charge in [0.1, 0.15) is 17.8 Å². The molecule has 3 N–H and O–H groups in total. The lowest BCUT2D eigenvalue weighted by Crippen LogP contribution is -2.84. The van der Waals surface area contributed by atoms with Gasteiger partial charge in [-0.05, 0) is 37.8 Å². The molecule has 3 saturated carbocycles. The minimum absolute atomic E-state index is 0.00186. The van der Waals surface area contributed by atoms with Gasteiger partial charge in [0.2, 0.25) is 0 Å². The molecule has 1 saturated heterocycles. The third-order valence-corrected chi connectivity index (χ3v) is 5.91. The van der Waals surface area contributed by atoms with E-state index in [1.54, 1.807) is 0 Å². The van der Waals surface area contributed by atoms with Gasteiger partial charge in [0.05, 0.1) is 5.02 Å². The van der Waals surface area contributed by atoms with E-state index in [2.05, 4.69) is 16.0 Å². The van der Waals surface area contributed by atoms with Crippen LogP contribution in [-0.4, -0.2) is 48.4 Å². The fourth-order valence-corrected chi connectivity index (χ4v) is 4.49. The lowest BCUT2D eigenvalue weighted by molar-refractivity contribution is -0.155. The maximum Gasteiger partial charge on any atom is 0.258 e. The highest BCUT2D eigenvalue weighted by molar-refractivity contribution is 6.30. The van der Waals surface area contributed by atoms with Gasteiger partial charge in [0.15, 0.2) is 12.7 Å². The first-order valence-electron chi connectivity index (χ1n) is 9.42. The Hall–Kier alpha value is -1.90. The molecule has 152 valence electrons. The second-order valence-electron chi connectivity index (χ2n) is 7.92. The van der Waals surface area contributed by atoms with E-state index >= 15 is 0 Å². The highest BCUT2D eigenvalue weighted by atomic mass is 35.5. The molecule has 1 aliphatic heterocycles. The van der Waals surface area contributed by atoms with E-state index in [1.807, 2.05) is 6.92 Å². The highest BCUT2D eigenvalue weighted by Crippen LogP contribution is 2.60. The van der Waals surface area contributed by atoms with Gasteiger partial charge in [-0.25, -0.2) is 4.39 Å². The number of rotatable bonds is 7. The Morgan fingerprint density at radius 2 is 2.04 bits per heavy atom. The Bertz CT molecular complexity index is 786. The maximum atomic E-state index is 13.4. The second kappa shape index (κ2) is 7.17. The van der Waals surface area contributed by atoms with Crippen molar-refractivity contribution in [3.05, 3.63) is 29.0 Å². The SMILES string of the molecule is CCC1NCC(C(=O)NC23CC(NC(=O)COc4ccc(Cl)c(F)c4)(C2)C3)O1. The molecule has 1 aromatic carbocycles. The second-order valence-corrected chi connectivity index (χ2v) is 8.33. The number of carbonyl (C=O) groups is 2. The van der Waals surface area contributed by atoms with E-state index in [0.717, 1.165) is 12.5 Å². The summed E-state index contributed by atoms with van der Waals surface area (Å²) in [4.78, 5) is 24.5. The van der Waals surface area contributed by atoms with Crippen molar-refractivity contribution in [1.29, 1.82) is 0 Å². The average Bonchev–Trinajstić information content (AvgIpc) is 3.09. The summed E-state index contributed by atoms with van der Waals surface area (Å²) in [5.74, 6) is -0.724. The monoisotopic (exact) mass is 411 g/mol. The Morgan fingerprint density at radius 3 is 2.68 bits per heavy atom. The number of hydrogen-bond donors (Lipinski definition) is 3. The quantitative estimate of drug-likeness (QED) is 0.632. The molecule has 4 fully saturated rings. The van der Waals surface area contributed by atoms with Crippen molar-refractivity contribution < 1.29 is 23.5 Å². The van der Waals surface area contributed by atoms with E-state index in [1.165, 1.54) is 12.1 Å². The summed E-state index contributed by atoms with van der Waals surface area (Å²) < 4.78 is 24.3. The molecule has 7 nitrogen and oxygen atoms in total. The van der Waals surface area contributed by atoms with Crippen LogP contribution >= 0.6 is 11.6 Å². The summed E-state index contributed by atoms with van der Waals surface area (Å²) in [5, 5.41) is 9.19. The number of halogens is 2. The molecule has 2 amide bonds. The zero-order valence-corrected chi connectivity index (χ0v) is 16.3. The van der Waals surface area contributed by atoms with Crippen LogP contribution < -0.4 is 20.7 Å². The first-order chi connectivity index (χ1) is 13.3. The largest absolute Gasteiger partial charge is 0.484 e. The Kier molecular flexibility index (Phi) is 4.97. The molecule has 28 heavy (non-hydrogen) atoms. The number of ether oxygens (including phenoxy) is 2.